The lowest BCUT2D eigenvalue weighted by atomic mass is 9.90. The van der Waals surface area contributed by atoms with Gasteiger partial charge in [-0.1, -0.05) is 68.4 Å². The third kappa shape index (κ3) is 6.74. The third-order valence-electron chi connectivity index (χ3n) is 5.99. The van der Waals surface area contributed by atoms with Crippen LogP contribution in [0.15, 0.2) is 89.8 Å². The monoisotopic (exact) mass is 519 g/mol. The average molecular weight is 520 g/mol. The first-order valence-electron chi connectivity index (χ1n) is 11.7. The normalized spacial score (nSPS) is 12.7. The minimum absolute atomic E-state index is 0.0199. The van der Waals surface area contributed by atoms with Crippen LogP contribution in [0, 0.1) is 17.2 Å². The maximum Gasteiger partial charge on any atom is 0.338 e. The first kappa shape index (κ1) is 27.4. The van der Waals surface area contributed by atoms with Crippen molar-refractivity contribution in [3.63, 3.8) is 0 Å². The zero-order valence-corrected chi connectivity index (χ0v) is 21.7. The molecular formula is C28H29N3O5S. The summed E-state index contributed by atoms with van der Waals surface area (Å²) >= 11 is 0. The molecule has 1 amide bonds. The van der Waals surface area contributed by atoms with Crippen LogP contribution in [0.1, 0.15) is 36.7 Å². The Labute approximate surface area is 217 Å². The fourth-order valence-corrected chi connectivity index (χ4v) is 4.91. The molecule has 192 valence electrons. The van der Waals surface area contributed by atoms with Crippen molar-refractivity contribution < 1.29 is 22.7 Å². The number of amides is 1. The predicted octanol–water partition coefficient (Wildman–Crippen LogP) is 4.29. The summed E-state index contributed by atoms with van der Waals surface area (Å²) in [6.45, 7) is 4.65. The molecule has 8 nitrogen and oxygen atoms in total. The number of hydrogen-bond acceptors (Lipinski definition) is 6. The van der Waals surface area contributed by atoms with E-state index in [2.05, 4.69) is 5.32 Å². The van der Waals surface area contributed by atoms with Crippen LogP contribution in [-0.2, 0) is 26.1 Å². The SMILES string of the molecule is CC(C)C(C)(C#N)NC(=O)COC(=O)c1cccc(S(=O)(=O)N(Cc2ccccc2)c2ccccc2)c1. The minimum atomic E-state index is -4.07. The number of carbonyl (C=O) groups is 2. The largest absolute Gasteiger partial charge is 0.452 e. The lowest BCUT2D eigenvalue weighted by molar-refractivity contribution is -0.125. The number of benzene rings is 3. The Hall–Kier alpha value is -4.16. The third-order valence-corrected chi connectivity index (χ3v) is 7.76. The van der Waals surface area contributed by atoms with E-state index in [1.54, 1.807) is 51.1 Å². The summed E-state index contributed by atoms with van der Waals surface area (Å²) in [6.07, 6.45) is 0. The Kier molecular flexibility index (Phi) is 8.69. The van der Waals surface area contributed by atoms with Crippen LogP contribution in [0.4, 0.5) is 5.69 Å². The van der Waals surface area contributed by atoms with Gasteiger partial charge in [0.05, 0.1) is 28.8 Å². The second kappa shape index (κ2) is 11.7. The quantitative estimate of drug-likeness (QED) is 0.399. The van der Waals surface area contributed by atoms with Crippen LogP contribution in [0.2, 0.25) is 0 Å². The van der Waals surface area contributed by atoms with Gasteiger partial charge in [-0.25, -0.2) is 13.2 Å². The second-order valence-electron chi connectivity index (χ2n) is 8.95. The van der Waals surface area contributed by atoms with E-state index in [-0.39, 0.29) is 22.9 Å². The molecule has 0 fully saturated rings. The highest BCUT2D eigenvalue weighted by Crippen LogP contribution is 2.26. The van der Waals surface area contributed by atoms with Gasteiger partial charge < -0.3 is 10.1 Å². The minimum Gasteiger partial charge on any atom is -0.452 e. The van der Waals surface area contributed by atoms with Gasteiger partial charge in [0.2, 0.25) is 0 Å². The van der Waals surface area contributed by atoms with Crippen LogP contribution >= 0.6 is 0 Å². The lowest BCUT2D eigenvalue weighted by Crippen LogP contribution is -2.50. The van der Waals surface area contributed by atoms with Gasteiger partial charge in [0.15, 0.2) is 6.61 Å². The lowest BCUT2D eigenvalue weighted by Gasteiger charge is -2.27. The summed E-state index contributed by atoms with van der Waals surface area (Å²) in [7, 11) is -4.07. The summed E-state index contributed by atoms with van der Waals surface area (Å²) in [6, 6.07) is 25.4. The molecule has 0 heterocycles. The van der Waals surface area contributed by atoms with E-state index in [0.29, 0.717) is 5.69 Å². The number of hydrogen-bond donors (Lipinski definition) is 1. The van der Waals surface area contributed by atoms with E-state index in [9.17, 15) is 23.3 Å². The van der Waals surface area contributed by atoms with Gasteiger partial charge in [0.25, 0.3) is 15.9 Å². The molecule has 1 atom stereocenters. The first-order valence-corrected chi connectivity index (χ1v) is 13.1. The summed E-state index contributed by atoms with van der Waals surface area (Å²) in [5.41, 5.74) is 0.134. The molecule has 0 aliphatic heterocycles. The fourth-order valence-electron chi connectivity index (χ4n) is 3.41. The van der Waals surface area contributed by atoms with Gasteiger partial charge in [-0.05, 0) is 48.7 Å². The predicted molar refractivity (Wildman–Crippen MR) is 140 cm³/mol. The average Bonchev–Trinajstić information content (AvgIpc) is 2.91. The van der Waals surface area contributed by atoms with Crippen molar-refractivity contribution in [3.05, 3.63) is 96.1 Å². The number of nitriles is 1. The van der Waals surface area contributed by atoms with Crippen molar-refractivity contribution in [1.29, 1.82) is 5.26 Å². The number of nitrogens with zero attached hydrogens (tertiary/aromatic N) is 2. The molecule has 0 radical (unpaired) electrons. The molecule has 0 aliphatic rings. The maximum atomic E-state index is 13.7. The number of ether oxygens (including phenoxy) is 1. The van der Waals surface area contributed by atoms with Crippen molar-refractivity contribution in [2.75, 3.05) is 10.9 Å². The maximum absolute atomic E-state index is 13.7. The molecule has 3 aromatic rings. The molecule has 3 rings (SSSR count). The van der Waals surface area contributed by atoms with Crippen molar-refractivity contribution in [1.82, 2.24) is 5.32 Å². The summed E-state index contributed by atoms with van der Waals surface area (Å²) in [4.78, 5) is 24.8. The highest BCUT2D eigenvalue weighted by atomic mass is 32.2. The molecule has 0 aromatic heterocycles. The summed E-state index contributed by atoms with van der Waals surface area (Å²) < 4.78 is 33.8. The Balaban J connectivity index is 1.82. The highest BCUT2D eigenvalue weighted by molar-refractivity contribution is 7.92. The van der Waals surface area contributed by atoms with Crippen LogP contribution in [0.25, 0.3) is 0 Å². The molecule has 0 saturated carbocycles. The van der Waals surface area contributed by atoms with Gasteiger partial charge in [-0.2, -0.15) is 5.26 Å². The van der Waals surface area contributed by atoms with Crippen LogP contribution in [-0.4, -0.2) is 32.4 Å². The Morgan fingerprint density at radius 1 is 1.00 bits per heavy atom. The number of carbonyl (C=O) groups excluding carboxylic acids is 2. The zero-order valence-electron chi connectivity index (χ0n) is 20.9. The topological polar surface area (TPSA) is 117 Å². The standard InChI is InChI=1S/C28H29N3O5S/c1-21(2)28(3,20-29)30-26(32)19-36-27(33)23-13-10-16-25(17-23)37(34,35)31(24-14-8-5-9-15-24)18-22-11-6-4-7-12-22/h4-17,21H,18-19H2,1-3H3,(H,30,32). The molecule has 9 heteroatoms. The smallest absolute Gasteiger partial charge is 0.338 e. The molecular weight excluding hydrogens is 490 g/mol. The van der Waals surface area contributed by atoms with E-state index < -0.39 is 34.0 Å². The highest BCUT2D eigenvalue weighted by Gasteiger charge is 2.30. The fraction of sp³-hybridized carbons (Fsp3) is 0.250. The molecule has 1 N–H and O–H groups in total. The van der Waals surface area contributed by atoms with E-state index in [1.807, 2.05) is 36.4 Å². The number of rotatable bonds is 10. The van der Waals surface area contributed by atoms with E-state index in [4.69, 9.17) is 4.74 Å². The summed E-state index contributed by atoms with van der Waals surface area (Å²) in [5, 5.41) is 11.9. The first-order chi connectivity index (χ1) is 17.6. The number of anilines is 1. The van der Waals surface area contributed by atoms with E-state index >= 15 is 0 Å². The van der Waals surface area contributed by atoms with Crippen molar-refractivity contribution in [2.45, 2.75) is 37.8 Å². The van der Waals surface area contributed by atoms with Crippen LogP contribution in [0.5, 0.6) is 0 Å². The van der Waals surface area contributed by atoms with Crippen molar-refractivity contribution >= 4 is 27.6 Å². The second-order valence-corrected chi connectivity index (χ2v) is 10.8. The van der Waals surface area contributed by atoms with Gasteiger partial charge in [-0.3, -0.25) is 9.10 Å². The van der Waals surface area contributed by atoms with Gasteiger partial charge in [0.1, 0.15) is 5.54 Å². The van der Waals surface area contributed by atoms with Crippen LogP contribution in [0.3, 0.4) is 0 Å². The van der Waals surface area contributed by atoms with E-state index in [0.717, 1.165) is 5.56 Å². The zero-order chi connectivity index (χ0) is 27.1. The summed E-state index contributed by atoms with van der Waals surface area (Å²) in [5.74, 6) is -1.65. The number of para-hydroxylation sites is 1. The number of sulfonamides is 1. The van der Waals surface area contributed by atoms with Crippen LogP contribution < -0.4 is 9.62 Å². The molecule has 0 bridgehead atoms. The molecule has 0 aliphatic carbocycles. The van der Waals surface area contributed by atoms with E-state index in [1.165, 1.54) is 28.6 Å². The Morgan fingerprint density at radius 3 is 2.22 bits per heavy atom. The van der Waals surface area contributed by atoms with Gasteiger partial charge >= 0.3 is 5.97 Å². The molecule has 37 heavy (non-hydrogen) atoms. The number of nitrogens with one attached hydrogen (secondary N) is 1. The number of esters is 1. The molecule has 1 unspecified atom stereocenters. The van der Waals surface area contributed by atoms with Gasteiger partial charge in [-0.15, -0.1) is 0 Å². The van der Waals surface area contributed by atoms with Crippen molar-refractivity contribution in [2.24, 2.45) is 5.92 Å². The molecule has 0 spiro atoms. The van der Waals surface area contributed by atoms with Crippen molar-refractivity contribution in [3.8, 4) is 6.07 Å². The Morgan fingerprint density at radius 2 is 1.62 bits per heavy atom. The van der Waals surface area contributed by atoms with Gasteiger partial charge in [0, 0.05) is 0 Å². The molecule has 3 aromatic carbocycles. The Bertz CT molecular complexity index is 1390. The molecule has 0 saturated heterocycles.